The van der Waals surface area contributed by atoms with Gasteiger partial charge < -0.3 is 25.7 Å². The molecule has 0 aliphatic carbocycles. The topological polar surface area (TPSA) is 203 Å². The van der Waals surface area contributed by atoms with Crippen LogP contribution in [0.15, 0.2) is 16.4 Å². The van der Waals surface area contributed by atoms with E-state index in [0.717, 1.165) is 16.4 Å². The lowest BCUT2D eigenvalue weighted by Crippen LogP contribution is -2.71. The van der Waals surface area contributed by atoms with Gasteiger partial charge in [-0.15, -0.1) is 11.8 Å². The second-order valence-corrected chi connectivity index (χ2v) is 8.86. The van der Waals surface area contributed by atoms with E-state index in [1.54, 1.807) is 6.92 Å². The quantitative estimate of drug-likeness (QED) is 0.115. The number of fused-ring (bicyclic) bond motifs is 1. The van der Waals surface area contributed by atoms with Crippen molar-refractivity contribution < 1.29 is 38.7 Å². The Bertz CT molecular complexity index is 1100. The maximum Gasteiger partial charge on any atom is 0.352 e. The number of rotatable bonds is 10. The molecule has 14 nitrogen and oxygen atoms in total. The highest BCUT2D eigenvalue weighted by atomic mass is 32.2. The predicted octanol–water partition coefficient (Wildman–Crippen LogP) is -0.878. The standard InChI is InChI=1S/C18H20N6O8S2/c1-3-32-22-10(13-21-18(19)34-23-13)14(27)20-11-15(28)24-12(17(29)30)8(6-33-16(11)24)5-31-9(26)4-7(2)25/h11,16H,3-6H2,1-2H3,(H,20,27)(H,29,30)(H2,19,21,23)/b22-10-/t11-,16-/m1/s1. The molecule has 2 amide bonds. The maximum absolute atomic E-state index is 12.8. The summed E-state index contributed by atoms with van der Waals surface area (Å²) in [6.45, 7) is 2.66. The molecule has 1 aromatic rings. The number of nitrogens with zero attached hydrogens (tertiary/aromatic N) is 4. The third kappa shape index (κ3) is 5.33. The number of carbonyl (C=O) groups is 5. The molecule has 34 heavy (non-hydrogen) atoms. The van der Waals surface area contributed by atoms with Gasteiger partial charge in [0.15, 0.2) is 5.13 Å². The van der Waals surface area contributed by atoms with Crippen molar-refractivity contribution in [3.63, 3.8) is 0 Å². The molecular weight excluding hydrogens is 492 g/mol. The Morgan fingerprint density at radius 2 is 2.09 bits per heavy atom. The largest absolute Gasteiger partial charge is 0.477 e. The molecule has 3 heterocycles. The highest BCUT2D eigenvalue weighted by molar-refractivity contribution is 8.00. The van der Waals surface area contributed by atoms with E-state index in [1.165, 1.54) is 18.7 Å². The van der Waals surface area contributed by atoms with E-state index in [0.29, 0.717) is 0 Å². The minimum absolute atomic E-state index is 0.0749. The number of hydrogen-bond acceptors (Lipinski definition) is 13. The van der Waals surface area contributed by atoms with Gasteiger partial charge in [0.2, 0.25) is 11.5 Å². The highest BCUT2D eigenvalue weighted by Crippen LogP contribution is 2.40. The summed E-state index contributed by atoms with van der Waals surface area (Å²) in [4.78, 5) is 70.0. The van der Waals surface area contributed by atoms with Crippen molar-refractivity contribution in [1.29, 1.82) is 0 Å². The molecule has 1 aromatic heterocycles. The number of β-lactam (4-membered cyclic amide) rings is 1. The van der Waals surface area contributed by atoms with Crippen molar-refractivity contribution in [2.24, 2.45) is 5.16 Å². The van der Waals surface area contributed by atoms with Crippen LogP contribution in [0.5, 0.6) is 0 Å². The molecular formula is C18H20N6O8S2. The molecule has 2 aliphatic heterocycles. The molecule has 0 saturated carbocycles. The summed E-state index contributed by atoms with van der Waals surface area (Å²) in [7, 11) is 0. The van der Waals surface area contributed by atoms with Crippen molar-refractivity contribution >= 4 is 63.7 Å². The number of carboxylic acid groups (broad SMARTS) is 1. The number of ketones is 1. The fraction of sp³-hybridized carbons (Fsp3) is 0.444. The molecule has 0 spiro atoms. The molecule has 3 rings (SSSR count). The third-order valence-corrected chi connectivity index (χ3v) is 6.37. The molecule has 0 unspecified atom stereocenters. The van der Waals surface area contributed by atoms with E-state index in [1.807, 2.05) is 0 Å². The van der Waals surface area contributed by atoms with Crippen LogP contribution in [0.1, 0.15) is 26.1 Å². The Morgan fingerprint density at radius 3 is 2.68 bits per heavy atom. The van der Waals surface area contributed by atoms with Crippen LogP contribution >= 0.6 is 23.3 Å². The number of thioether (sulfide) groups is 1. The number of aromatic nitrogens is 2. The monoisotopic (exact) mass is 512 g/mol. The average molecular weight is 513 g/mol. The van der Waals surface area contributed by atoms with Crippen molar-refractivity contribution in [1.82, 2.24) is 19.6 Å². The van der Waals surface area contributed by atoms with Gasteiger partial charge in [0.05, 0.1) is 0 Å². The van der Waals surface area contributed by atoms with Gasteiger partial charge in [0.1, 0.15) is 42.5 Å². The second kappa shape index (κ2) is 10.6. The van der Waals surface area contributed by atoms with E-state index >= 15 is 0 Å². The fourth-order valence-corrected chi connectivity index (χ4v) is 4.83. The zero-order valence-corrected chi connectivity index (χ0v) is 19.6. The molecule has 1 fully saturated rings. The first-order valence-corrected chi connectivity index (χ1v) is 11.6. The first kappa shape index (κ1) is 25.1. The Morgan fingerprint density at radius 1 is 1.35 bits per heavy atom. The predicted molar refractivity (Wildman–Crippen MR) is 118 cm³/mol. The molecule has 16 heteroatoms. The number of nitrogens with one attached hydrogen (secondary N) is 1. The fourth-order valence-electron chi connectivity index (χ4n) is 3.07. The molecule has 4 N–H and O–H groups in total. The molecule has 0 bridgehead atoms. The third-order valence-electron chi connectivity index (χ3n) is 4.49. The van der Waals surface area contributed by atoms with Crippen molar-refractivity contribution in [2.75, 3.05) is 24.7 Å². The minimum Gasteiger partial charge on any atom is -0.477 e. The number of ether oxygens (including phenoxy) is 1. The molecule has 0 radical (unpaired) electrons. The average Bonchev–Trinajstić information content (AvgIpc) is 3.20. The molecule has 182 valence electrons. The normalized spacial score (nSPS) is 19.8. The van der Waals surface area contributed by atoms with Crippen LogP contribution in [0, 0.1) is 0 Å². The van der Waals surface area contributed by atoms with Crippen molar-refractivity contribution in [2.45, 2.75) is 31.7 Å². The number of oxime groups is 1. The smallest absolute Gasteiger partial charge is 0.352 e. The van der Waals surface area contributed by atoms with Crippen molar-refractivity contribution in [3.8, 4) is 0 Å². The van der Waals surface area contributed by atoms with E-state index in [9.17, 15) is 29.1 Å². The van der Waals surface area contributed by atoms with Crippen LogP contribution in [-0.2, 0) is 33.5 Å². The number of esters is 1. The summed E-state index contributed by atoms with van der Waals surface area (Å²) in [5.41, 5.74) is 5.15. The van der Waals surface area contributed by atoms with Crippen LogP contribution < -0.4 is 11.1 Å². The lowest BCUT2D eigenvalue weighted by Gasteiger charge is -2.49. The molecule has 2 aliphatic rings. The molecule has 1 saturated heterocycles. The summed E-state index contributed by atoms with van der Waals surface area (Å²) in [6.07, 6.45) is -0.437. The number of carbonyl (C=O) groups excluding carboxylic acids is 4. The van der Waals surface area contributed by atoms with Crippen molar-refractivity contribution in [3.05, 3.63) is 17.1 Å². The SMILES string of the molecule is CCO/N=C(\C(=O)N[C@@H]1C(=O)N2C(C(=O)O)=C(COC(=O)CC(C)=O)CS[C@H]12)c1nsc(N)n1. The maximum atomic E-state index is 12.8. The van der Waals surface area contributed by atoms with Gasteiger partial charge in [-0.2, -0.15) is 9.36 Å². The van der Waals surface area contributed by atoms with Gasteiger partial charge >= 0.3 is 11.9 Å². The summed E-state index contributed by atoms with van der Waals surface area (Å²) in [6, 6.07) is -1.04. The van der Waals surface area contributed by atoms with Gasteiger partial charge in [-0.1, -0.05) is 5.16 Å². The van der Waals surface area contributed by atoms with Gasteiger partial charge in [-0.25, -0.2) is 4.79 Å². The number of carboxylic acids is 1. The summed E-state index contributed by atoms with van der Waals surface area (Å²) in [5, 5.41) is 15.3. The molecule has 0 aromatic carbocycles. The summed E-state index contributed by atoms with van der Waals surface area (Å²) >= 11 is 2.03. The van der Waals surface area contributed by atoms with Gasteiger partial charge in [0.25, 0.3) is 11.8 Å². The van der Waals surface area contributed by atoms with Gasteiger partial charge in [-0.05, 0) is 13.8 Å². The number of aliphatic carboxylic acids is 1. The van der Waals surface area contributed by atoms with E-state index in [2.05, 4.69) is 19.8 Å². The van der Waals surface area contributed by atoms with Crippen LogP contribution in [0.4, 0.5) is 5.13 Å². The zero-order valence-electron chi connectivity index (χ0n) is 18.0. The number of Topliss-reactive ketones (excluding diaryl/α,β-unsaturated/α-hetero) is 1. The van der Waals surface area contributed by atoms with E-state index in [4.69, 9.17) is 15.3 Å². The van der Waals surface area contributed by atoms with Crippen LogP contribution in [0.3, 0.4) is 0 Å². The Labute approximate surface area is 200 Å². The Balaban J connectivity index is 1.74. The number of hydrogen-bond donors (Lipinski definition) is 3. The highest BCUT2D eigenvalue weighted by Gasteiger charge is 2.54. The number of anilines is 1. The van der Waals surface area contributed by atoms with Crippen LogP contribution in [0.2, 0.25) is 0 Å². The first-order valence-electron chi connectivity index (χ1n) is 9.79. The lowest BCUT2D eigenvalue weighted by molar-refractivity contribution is -0.150. The van der Waals surface area contributed by atoms with Crippen LogP contribution in [0.25, 0.3) is 0 Å². The number of nitrogens with two attached hydrogens (primary N) is 1. The number of nitrogen functional groups attached to an aromatic ring is 1. The Hall–Kier alpha value is -3.53. The molecule has 2 atom stereocenters. The van der Waals surface area contributed by atoms with Gasteiger partial charge in [0, 0.05) is 22.9 Å². The van der Waals surface area contributed by atoms with Crippen LogP contribution in [-0.4, -0.2) is 85.0 Å². The second-order valence-electron chi connectivity index (χ2n) is 6.97. The minimum atomic E-state index is -1.39. The first-order chi connectivity index (χ1) is 16.1. The van der Waals surface area contributed by atoms with E-state index < -0.39 is 47.4 Å². The number of amides is 2. The van der Waals surface area contributed by atoms with E-state index in [-0.39, 0.29) is 46.9 Å². The lowest BCUT2D eigenvalue weighted by atomic mass is 10.0. The zero-order chi connectivity index (χ0) is 25.0. The Kier molecular flexibility index (Phi) is 7.83. The van der Waals surface area contributed by atoms with Gasteiger partial charge in [-0.3, -0.25) is 24.1 Å². The summed E-state index contributed by atoms with van der Waals surface area (Å²) < 4.78 is 8.90. The summed E-state index contributed by atoms with van der Waals surface area (Å²) in [5.74, 6) is -3.99.